The van der Waals surface area contributed by atoms with E-state index in [9.17, 15) is 17.2 Å². The molecule has 1 fully saturated rings. The lowest BCUT2D eigenvalue weighted by Gasteiger charge is -2.32. The zero-order valence-corrected chi connectivity index (χ0v) is 14.6. The number of anilines is 1. The van der Waals surface area contributed by atoms with Gasteiger partial charge in [-0.3, -0.25) is 0 Å². The Morgan fingerprint density at radius 1 is 1.12 bits per heavy atom. The molecule has 25 heavy (non-hydrogen) atoms. The Hall–Kier alpha value is -2.07. The molecule has 0 amide bonds. The summed E-state index contributed by atoms with van der Waals surface area (Å²) in [5.74, 6) is -1.55. The highest BCUT2D eigenvalue weighted by Crippen LogP contribution is 2.22. The fraction of sp³-hybridized carbons (Fsp3) is 0.467. The van der Waals surface area contributed by atoms with Crippen LogP contribution in [0.3, 0.4) is 0 Å². The molecule has 2 aromatic rings. The van der Waals surface area contributed by atoms with Crippen LogP contribution < -0.4 is 4.90 Å². The predicted octanol–water partition coefficient (Wildman–Crippen LogP) is 1.98. The minimum atomic E-state index is -3.88. The van der Waals surface area contributed by atoms with Crippen molar-refractivity contribution >= 4 is 16.0 Å². The molecule has 0 N–H and O–H groups in total. The second-order valence-electron chi connectivity index (χ2n) is 6.06. The van der Waals surface area contributed by atoms with Crippen molar-refractivity contribution in [3.8, 4) is 0 Å². The van der Waals surface area contributed by atoms with Gasteiger partial charge in [-0.25, -0.2) is 17.2 Å². The Kier molecular flexibility index (Phi) is 4.74. The standard InChI is InChI=1S/C15H18F2N4O3S/c1-10(2)14-18-15(24-19-14)20-5-7-21(8-6-20)25(22,23)11-3-4-12(16)13(17)9-11/h3-4,9-10H,5-8H2,1-2H3. The van der Waals surface area contributed by atoms with E-state index in [-0.39, 0.29) is 23.9 Å². The van der Waals surface area contributed by atoms with Gasteiger partial charge in [0.25, 0.3) is 0 Å². The van der Waals surface area contributed by atoms with E-state index in [2.05, 4.69) is 10.1 Å². The molecular weight excluding hydrogens is 354 g/mol. The van der Waals surface area contributed by atoms with Crippen molar-refractivity contribution in [3.05, 3.63) is 35.7 Å². The molecule has 2 heterocycles. The summed E-state index contributed by atoms with van der Waals surface area (Å²) in [4.78, 5) is 5.83. The third-order valence-corrected chi connectivity index (χ3v) is 5.88. The molecule has 7 nitrogen and oxygen atoms in total. The second kappa shape index (κ2) is 6.68. The number of benzene rings is 1. The summed E-state index contributed by atoms with van der Waals surface area (Å²) in [6, 6.07) is 2.93. The highest BCUT2D eigenvalue weighted by molar-refractivity contribution is 7.89. The van der Waals surface area contributed by atoms with Gasteiger partial charge in [-0.05, 0) is 18.2 Å². The Balaban J connectivity index is 1.71. The van der Waals surface area contributed by atoms with E-state index in [4.69, 9.17) is 4.52 Å². The average Bonchev–Trinajstić information content (AvgIpc) is 3.08. The Bertz CT molecular complexity index is 861. The summed E-state index contributed by atoms with van der Waals surface area (Å²) in [5.41, 5.74) is 0. The first-order valence-electron chi connectivity index (χ1n) is 7.83. The monoisotopic (exact) mass is 372 g/mol. The molecule has 10 heteroatoms. The molecule has 0 bridgehead atoms. The highest BCUT2D eigenvalue weighted by atomic mass is 32.2. The summed E-state index contributed by atoms with van der Waals surface area (Å²) in [6.45, 7) is 4.98. The minimum absolute atomic E-state index is 0.132. The largest absolute Gasteiger partial charge is 0.324 e. The van der Waals surface area contributed by atoms with Crippen LogP contribution in [0.25, 0.3) is 0 Å². The van der Waals surface area contributed by atoms with E-state index in [1.165, 1.54) is 4.31 Å². The average molecular weight is 372 g/mol. The highest BCUT2D eigenvalue weighted by Gasteiger charge is 2.30. The third-order valence-electron chi connectivity index (χ3n) is 3.99. The van der Waals surface area contributed by atoms with Gasteiger partial charge in [-0.15, -0.1) is 0 Å². The molecule has 1 aliphatic heterocycles. The maximum atomic E-state index is 13.3. The van der Waals surface area contributed by atoms with Gasteiger partial charge < -0.3 is 9.42 Å². The Morgan fingerprint density at radius 2 is 1.80 bits per heavy atom. The van der Waals surface area contributed by atoms with E-state index < -0.39 is 21.7 Å². The summed E-state index contributed by atoms with van der Waals surface area (Å²) >= 11 is 0. The van der Waals surface area contributed by atoms with Crippen molar-refractivity contribution in [2.45, 2.75) is 24.7 Å². The molecule has 3 rings (SSSR count). The number of halogens is 2. The van der Waals surface area contributed by atoms with Crippen LogP contribution in [0.1, 0.15) is 25.6 Å². The van der Waals surface area contributed by atoms with Crippen LogP contribution in [0.5, 0.6) is 0 Å². The summed E-state index contributed by atoms with van der Waals surface area (Å²) in [5, 5.41) is 3.89. The molecule has 1 aliphatic rings. The first-order chi connectivity index (χ1) is 11.8. The van der Waals surface area contributed by atoms with E-state index >= 15 is 0 Å². The Morgan fingerprint density at radius 3 is 2.36 bits per heavy atom. The van der Waals surface area contributed by atoms with Gasteiger partial charge >= 0.3 is 6.01 Å². The number of sulfonamides is 1. The number of aromatic nitrogens is 2. The van der Waals surface area contributed by atoms with Crippen molar-refractivity contribution in [1.29, 1.82) is 0 Å². The molecule has 1 saturated heterocycles. The van der Waals surface area contributed by atoms with Gasteiger partial charge in [0.15, 0.2) is 17.5 Å². The lowest BCUT2D eigenvalue weighted by molar-refractivity contribution is 0.352. The number of piperazine rings is 1. The van der Waals surface area contributed by atoms with Crippen LogP contribution >= 0.6 is 0 Å². The van der Waals surface area contributed by atoms with E-state index in [1.54, 1.807) is 4.90 Å². The van der Waals surface area contributed by atoms with Crippen molar-refractivity contribution < 1.29 is 21.7 Å². The summed E-state index contributed by atoms with van der Waals surface area (Å²) in [7, 11) is -3.88. The van der Waals surface area contributed by atoms with Gasteiger partial charge in [0, 0.05) is 32.1 Å². The first-order valence-corrected chi connectivity index (χ1v) is 9.27. The molecule has 136 valence electrons. The quantitative estimate of drug-likeness (QED) is 0.817. The van der Waals surface area contributed by atoms with Crippen molar-refractivity contribution in [1.82, 2.24) is 14.4 Å². The molecule has 0 unspecified atom stereocenters. The zero-order valence-electron chi connectivity index (χ0n) is 13.8. The molecule has 1 aromatic carbocycles. The fourth-order valence-electron chi connectivity index (χ4n) is 2.50. The van der Waals surface area contributed by atoms with Gasteiger partial charge in [0.1, 0.15) is 0 Å². The first kappa shape index (κ1) is 17.7. The molecule has 0 saturated carbocycles. The van der Waals surface area contributed by atoms with Crippen LogP contribution in [0.15, 0.2) is 27.6 Å². The summed E-state index contributed by atoms with van der Waals surface area (Å²) in [6.07, 6.45) is 0. The van der Waals surface area contributed by atoms with Crippen LogP contribution in [0.4, 0.5) is 14.8 Å². The second-order valence-corrected chi connectivity index (χ2v) is 7.99. The molecule has 0 aliphatic carbocycles. The zero-order chi connectivity index (χ0) is 18.2. The van der Waals surface area contributed by atoms with Crippen LogP contribution in [0.2, 0.25) is 0 Å². The van der Waals surface area contributed by atoms with E-state index in [1.807, 2.05) is 13.8 Å². The topological polar surface area (TPSA) is 79.5 Å². The lowest BCUT2D eigenvalue weighted by atomic mass is 10.2. The van der Waals surface area contributed by atoms with Crippen LogP contribution in [-0.4, -0.2) is 49.0 Å². The molecule has 0 atom stereocenters. The number of rotatable bonds is 4. The van der Waals surface area contributed by atoms with Crippen molar-refractivity contribution in [3.63, 3.8) is 0 Å². The fourth-order valence-corrected chi connectivity index (χ4v) is 3.93. The predicted molar refractivity (Wildman–Crippen MR) is 85.7 cm³/mol. The van der Waals surface area contributed by atoms with E-state index in [0.29, 0.717) is 31.0 Å². The van der Waals surface area contributed by atoms with Gasteiger partial charge in [-0.1, -0.05) is 19.0 Å². The summed E-state index contributed by atoms with van der Waals surface area (Å²) < 4.78 is 57.9. The molecule has 0 radical (unpaired) electrons. The van der Waals surface area contributed by atoms with Gasteiger partial charge in [0.05, 0.1) is 4.90 Å². The molecule has 0 spiro atoms. The normalized spacial score (nSPS) is 16.6. The number of nitrogens with zero attached hydrogens (tertiary/aromatic N) is 4. The number of hydrogen-bond acceptors (Lipinski definition) is 6. The smallest absolute Gasteiger partial charge is 0.322 e. The van der Waals surface area contributed by atoms with Crippen LogP contribution in [0, 0.1) is 11.6 Å². The van der Waals surface area contributed by atoms with Crippen molar-refractivity contribution in [2.24, 2.45) is 0 Å². The minimum Gasteiger partial charge on any atom is -0.322 e. The maximum Gasteiger partial charge on any atom is 0.324 e. The SMILES string of the molecule is CC(C)c1noc(N2CCN(S(=O)(=O)c3ccc(F)c(F)c3)CC2)n1. The third kappa shape index (κ3) is 3.49. The van der Waals surface area contributed by atoms with Gasteiger partial charge in [-0.2, -0.15) is 9.29 Å². The Labute approximate surface area is 144 Å². The molecular formula is C15H18F2N4O3S. The maximum absolute atomic E-state index is 13.3. The lowest BCUT2D eigenvalue weighted by Crippen LogP contribution is -2.48. The molecule has 1 aromatic heterocycles. The van der Waals surface area contributed by atoms with Crippen LogP contribution in [-0.2, 0) is 10.0 Å². The van der Waals surface area contributed by atoms with Gasteiger partial charge in [0.2, 0.25) is 10.0 Å². The van der Waals surface area contributed by atoms with E-state index in [0.717, 1.165) is 12.1 Å². The number of hydrogen-bond donors (Lipinski definition) is 0. The van der Waals surface area contributed by atoms with Crippen molar-refractivity contribution in [2.75, 3.05) is 31.1 Å².